The number of aromatic nitrogens is 2. The summed E-state index contributed by atoms with van der Waals surface area (Å²) >= 11 is 1.17. The molecule has 0 amide bonds. The SMILES string of the molecule is Cc1ccc(C(=O)CSc2nccn(-c3cccc(C)c3)c2=O)cc1. The van der Waals surface area contributed by atoms with E-state index in [9.17, 15) is 9.59 Å². The van der Waals surface area contributed by atoms with E-state index in [1.807, 2.05) is 62.4 Å². The molecule has 1 heterocycles. The molecular formula is C20H18N2O2S. The summed E-state index contributed by atoms with van der Waals surface area (Å²) in [6.45, 7) is 3.95. The maximum Gasteiger partial charge on any atom is 0.287 e. The highest BCUT2D eigenvalue weighted by Crippen LogP contribution is 2.15. The number of ketones is 1. The van der Waals surface area contributed by atoms with Gasteiger partial charge in [-0.25, -0.2) is 4.98 Å². The first-order valence-corrected chi connectivity index (χ1v) is 8.90. The van der Waals surface area contributed by atoms with Gasteiger partial charge in [0.1, 0.15) is 0 Å². The van der Waals surface area contributed by atoms with Gasteiger partial charge in [0, 0.05) is 23.6 Å². The summed E-state index contributed by atoms with van der Waals surface area (Å²) in [6.07, 6.45) is 3.23. The van der Waals surface area contributed by atoms with Crippen LogP contribution in [0.3, 0.4) is 0 Å². The number of aryl methyl sites for hydroxylation is 2. The molecule has 5 heteroatoms. The predicted molar refractivity (Wildman–Crippen MR) is 101 cm³/mol. The summed E-state index contributed by atoms with van der Waals surface area (Å²) in [5.74, 6) is 0.167. The third-order valence-electron chi connectivity index (χ3n) is 3.80. The lowest BCUT2D eigenvalue weighted by Gasteiger charge is -2.08. The molecule has 0 aliphatic rings. The number of hydrogen-bond donors (Lipinski definition) is 0. The first kappa shape index (κ1) is 17.2. The smallest absolute Gasteiger partial charge is 0.287 e. The van der Waals surface area contributed by atoms with Gasteiger partial charge in [-0.05, 0) is 31.5 Å². The van der Waals surface area contributed by atoms with Crippen LogP contribution in [-0.4, -0.2) is 21.1 Å². The van der Waals surface area contributed by atoms with E-state index in [1.54, 1.807) is 17.0 Å². The Labute approximate surface area is 150 Å². The van der Waals surface area contributed by atoms with Crippen LogP contribution in [0.25, 0.3) is 5.69 Å². The third kappa shape index (κ3) is 4.06. The Kier molecular flexibility index (Phi) is 5.14. The molecule has 0 aliphatic heterocycles. The highest BCUT2D eigenvalue weighted by molar-refractivity contribution is 7.99. The van der Waals surface area contributed by atoms with Crippen molar-refractivity contribution in [2.24, 2.45) is 0 Å². The normalized spacial score (nSPS) is 10.6. The largest absolute Gasteiger partial charge is 0.293 e. The maximum atomic E-state index is 12.6. The molecule has 0 saturated heterocycles. The summed E-state index contributed by atoms with van der Waals surface area (Å²) in [4.78, 5) is 29.1. The van der Waals surface area contributed by atoms with Gasteiger partial charge in [-0.1, -0.05) is 53.7 Å². The molecule has 25 heavy (non-hydrogen) atoms. The van der Waals surface area contributed by atoms with Gasteiger partial charge in [0.05, 0.1) is 5.75 Å². The topological polar surface area (TPSA) is 52.0 Å². The standard InChI is InChI=1S/C20H18N2O2S/c1-14-6-8-16(9-7-14)18(23)13-25-19-20(24)22(11-10-21-19)17-5-3-4-15(2)12-17/h3-12H,13H2,1-2H3. The summed E-state index contributed by atoms with van der Waals surface area (Å²) < 4.78 is 1.55. The summed E-state index contributed by atoms with van der Waals surface area (Å²) in [5.41, 5.74) is 3.40. The molecule has 0 bridgehead atoms. The fourth-order valence-electron chi connectivity index (χ4n) is 2.43. The van der Waals surface area contributed by atoms with Crippen LogP contribution in [0.15, 0.2) is 70.7 Å². The van der Waals surface area contributed by atoms with Crippen molar-refractivity contribution in [3.8, 4) is 5.69 Å². The molecule has 126 valence electrons. The Morgan fingerprint density at radius 3 is 2.56 bits per heavy atom. The van der Waals surface area contributed by atoms with Crippen LogP contribution >= 0.6 is 11.8 Å². The number of thioether (sulfide) groups is 1. The molecule has 0 aliphatic carbocycles. The average molecular weight is 350 g/mol. The lowest BCUT2D eigenvalue weighted by atomic mass is 10.1. The van der Waals surface area contributed by atoms with Gasteiger partial charge in [0.15, 0.2) is 10.8 Å². The van der Waals surface area contributed by atoms with Crippen LogP contribution in [0.5, 0.6) is 0 Å². The highest BCUT2D eigenvalue weighted by atomic mass is 32.2. The van der Waals surface area contributed by atoms with Crippen LogP contribution in [0, 0.1) is 13.8 Å². The van der Waals surface area contributed by atoms with Crippen LogP contribution in [0.1, 0.15) is 21.5 Å². The molecule has 3 aromatic rings. The van der Waals surface area contributed by atoms with E-state index < -0.39 is 0 Å². The van der Waals surface area contributed by atoms with Crippen molar-refractivity contribution in [3.63, 3.8) is 0 Å². The van der Waals surface area contributed by atoms with E-state index in [2.05, 4.69) is 4.98 Å². The zero-order valence-electron chi connectivity index (χ0n) is 14.1. The van der Waals surface area contributed by atoms with Crippen LogP contribution in [0.4, 0.5) is 0 Å². The van der Waals surface area contributed by atoms with Crippen molar-refractivity contribution in [1.82, 2.24) is 9.55 Å². The minimum Gasteiger partial charge on any atom is -0.293 e. The van der Waals surface area contributed by atoms with E-state index in [1.165, 1.54) is 11.8 Å². The third-order valence-corrected chi connectivity index (χ3v) is 4.76. The van der Waals surface area contributed by atoms with Gasteiger partial charge >= 0.3 is 0 Å². The minimum absolute atomic E-state index is 0.0165. The van der Waals surface area contributed by atoms with Crippen molar-refractivity contribution in [2.45, 2.75) is 18.9 Å². The summed E-state index contributed by atoms with van der Waals surface area (Å²) in [5, 5.41) is 0.324. The van der Waals surface area contributed by atoms with Crippen molar-refractivity contribution in [3.05, 3.63) is 88.0 Å². The molecule has 0 saturated carbocycles. The molecule has 4 nitrogen and oxygen atoms in total. The van der Waals surface area contributed by atoms with Crippen molar-refractivity contribution < 1.29 is 4.79 Å². The van der Waals surface area contributed by atoms with E-state index in [4.69, 9.17) is 0 Å². The quantitative estimate of drug-likeness (QED) is 0.518. The number of Topliss-reactive ketones (excluding diaryl/α,β-unsaturated/α-hetero) is 1. The molecule has 1 aromatic heterocycles. The second-order valence-electron chi connectivity index (χ2n) is 5.82. The number of benzene rings is 2. The number of carbonyl (C=O) groups is 1. The molecule has 0 fully saturated rings. The number of rotatable bonds is 5. The molecule has 2 aromatic carbocycles. The van der Waals surface area contributed by atoms with Crippen molar-refractivity contribution in [2.75, 3.05) is 5.75 Å². The minimum atomic E-state index is -0.213. The molecule has 0 N–H and O–H groups in total. The zero-order valence-corrected chi connectivity index (χ0v) is 14.9. The molecule has 0 unspecified atom stereocenters. The van der Waals surface area contributed by atoms with E-state index in [0.29, 0.717) is 10.6 Å². The first-order chi connectivity index (χ1) is 12.0. The summed E-state index contributed by atoms with van der Waals surface area (Å²) in [7, 11) is 0. The predicted octanol–water partition coefficient (Wildman–Crippen LogP) is 3.82. The van der Waals surface area contributed by atoms with Gasteiger partial charge in [-0.3, -0.25) is 14.2 Å². The summed E-state index contributed by atoms with van der Waals surface area (Å²) in [6, 6.07) is 15.1. The van der Waals surface area contributed by atoms with Crippen molar-refractivity contribution >= 4 is 17.5 Å². The second kappa shape index (κ2) is 7.49. The Morgan fingerprint density at radius 2 is 1.84 bits per heavy atom. The van der Waals surface area contributed by atoms with Gasteiger partial charge in [-0.2, -0.15) is 0 Å². The fourth-order valence-corrected chi connectivity index (χ4v) is 3.22. The maximum absolute atomic E-state index is 12.6. The van der Waals surface area contributed by atoms with Gasteiger partial charge in [0.25, 0.3) is 5.56 Å². The number of nitrogens with zero attached hydrogens (tertiary/aromatic N) is 2. The van der Waals surface area contributed by atoms with E-state index >= 15 is 0 Å². The van der Waals surface area contributed by atoms with E-state index in [0.717, 1.165) is 16.8 Å². The van der Waals surface area contributed by atoms with Crippen LogP contribution in [0.2, 0.25) is 0 Å². The van der Waals surface area contributed by atoms with Crippen LogP contribution < -0.4 is 5.56 Å². The average Bonchev–Trinajstić information content (AvgIpc) is 2.61. The lowest BCUT2D eigenvalue weighted by Crippen LogP contribution is -2.21. The van der Waals surface area contributed by atoms with Gasteiger partial charge in [0.2, 0.25) is 0 Å². The van der Waals surface area contributed by atoms with Crippen molar-refractivity contribution in [1.29, 1.82) is 0 Å². The fraction of sp³-hybridized carbons (Fsp3) is 0.150. The molecular weight excluding hydrogens is 332 g/mol. The molecule has 0 atom stereocenters. The molecule has 0 radical (unpaired) electrons. The molecule has 0 spiro atoms. The number of carbonyl (C=O) groups excluding carboxylic acids is 1. The Hall–Kier alpha value is -2.66. The monoisotopic (exact) mass is 350 g/mol. The molecule has 3 rings (SSSR count). The number of hydrogen-bond acceptors (Lipinski definition) is 4. The second-order valence-corrected chi connectivity index (χ2v) is 6.79. The Bertz CT molecular complexity index is 962. The highest BCUT2D eigenvalue weighted by Gasteiger charge is 2.11. The first-order valence-electron chi connectivity index (χ1n) is 7.92. The zero-order chi connectivity index (χ0) is 17.8. The van der Waals surface area contributed by atoms with Gasteiger partial charge in [-0.15, -0.1) is 0 Å². The Balaban J connectivity index is 1.80. The Morgan fingerprint density at radius 1 is 1.08 bits per heavy atom. The lowest BCUT2D eigenvalue weighted by molar-refractivity contribution is 0.102. The van der Waals surface area contributed by atoms with Crippen LogP contribution in [-0.2, 0) is 0 Å². The van der Waals surface area contributed by atoms with Gasteiger partial charge < -0.3 is 0 Å². The van der Waals surface area contributed by atoms with E-state index in [-0.39, 0.29) is 17.1 Å².